The highest BCUT2D eigenvalue weighted by Crippen LogP contribution is 2.16. The zero-order valence-corrected chi connectivity index (χ0v) is 9.99. The normalized spacial score (nSPS) is 14.2. The minimum absolute atomic E-state index is 0.0612. The van der Waals surface area contributed by atoms with Gasteiger partial charge in [0.2, 0.25) is 0 Å². The first-order valence-electron chi connectivity index (χ1n) is 4.78. The lowest BCUT2D eigenvalue weighted by atomic mass is 10.0. The van der Waals surface area contributed by atoms with E-state index in [4.69, 9.17) is 4.74 Å². The minimum Gasteiger partial charge on any atom is -0.468 e. The zero-order chi connectivity index (χ0) is 12.1. The van der Waals surface area contributed by atoms with Crippen molar-refractivity contribution in [3.8, 4) is 0 Å². The summed E-state index contributed by atoms with van der Waals surface area (Å²) in [6.07, 6.45) is 0.549. The topological polar surface area (TPSA) is 55.8 Å². The van der Waals surface area contributed by atoms with Gasteiger partial charge in [-0.15, -0.1) is 0 Å². The van der Waals surface area contributed by atoms with Crippen LogP contribution in [-0.4, -0.2) is 50.2 Å². The lowest BCUT2D eigenvalue weighted by molar-refractivity contribution is -0.157. The van der Waals surface area contributed by atoms with E-state index in [0.29, 0.717) is 6.42 Å². The minimum atomic E-state index is -0.872. The molecule has 5 nitrogen and oxygen atoms in total. The fourth-order valence-corrected chi connectivity index (χ4v) is 1.12. The van der Waals surface area contributed by atoms with Crippen molar-refractivity contribution in [1.82, 2.24) is 4.90 Å². The molecule has 0 aromatic heterocycles. The Kier molecular flexibility index (Phi) is 5.28. The summed E-state index contributed by atoms with van der Waals surface area (Å²) in [7, 11) is 4.32. The molecule has 0 saturated carbocycles. The second kappa shape index (κ2) is 5.70. The van der Waals surface area contributed by atoms with E-state index in [1.165, 1.54) is 19.1 Å². The maximum absolute atomic E-state index is 11.9. The zero-order valence-electron chi connectivity index (χ0n) is 9.99. The lowest BCUT2D eigenvalue weighted by Crippen LogP contribution is -2.48. The molecule has 0 aromatic rings. The molecular formula is C10H19NO4. The summed E-state index contributed by atoms with van der Waals surface area (Å²) in [4.78, 5) is 24.1. The summed E-state index contributed by atoms with van der Waals surface area (Å²) >= 11 is 0. The number of carbonyl (C=O) groups is 2. The highest BCUT2D eigenvalue weighted by Gasteiger charge is 2.34. The molecular weight excluding hydrogens is 198 g/mol. The van der Waals surface area contributed by atoms with Gasteiger partial charge in [-0.3, -0.25) is 9.59 Å². The summed E-state index contributed by atoms with van der Waals surface area (Å²) in [5.74, 6) is -0.668. The van der Waals surface area contributed by atoms with E-state index in [1.54, 1.807) is 14.0 Å². The van der Waals surface area contributed by atoms with E-state index in [2.05, 4.69) is 4.74 Å². The Morgan fingerprint density at radius 3 is 2.20 bits per heavy atom. The first-order valence-corrected chi connectivity index (χ1v) is 4.78. The Morgan fingerprint density at radius 2 is 1.87 bits per heavy atom. The van der Waals surface area contributed by atoms with Gasteiger partial charge in [-0.1, -0.05) is 6.92 Å². The van der Waals surface area contributed by atoms with Gasteiger partial charge < -0.3 is 14.4 Å². The van der Waals surface area contributed by atoms with Crippen molar-refractivity contribution in [2.75, 3.05) is 27.8 Å². The van der Waals surface area contributed by atoms with Crippen LogP contribution >= 0.6 is 0 Å². The van der Waals surface area contributed by atoms with Crippen LogP contribution in [0.25, 0.3) is 0 Å². The summed E-state index contributed by atoms with van der Waals surface area (Å²) in [6, 6.07) is 0. The van der Waals surface area contributed by atoms with Crippen LogP contribution < -0.4 is 0 Å². The van der Waals surface area contributed by atoms with Crippen LogP contribution in [0.4, 0.5) is 0 Å². The average molecular weight is 217 g/mol. The highest BCUT2D eigenvalue weighted by atomic mass is 16.5. The number of nitrogens with zero attached hydrogens (tertiary/aromatic N) is 1. The first-order chi connectivity index (χ1) is 6.91. The number of amides is 1. The lowest BCUT2D eigenvalue weighted by Gasteiger charge is -2.29. The molecule has 1 atom stereocenters. The molecule has 88 valence electrons. The summed E-state index contributed by atoms with van der Waals surface area (Å²) in [5, 5.41) is 0. The van der Waals surface area contributed by atoms with Crippen LogP contribution in [0.1, 0.15) is 20.3 Å². The third-order valence-corrected chi connectivity index (χ3v) is 2.52. The van der Waals surface area contributed by atoms with Crippen LogP contribution in [0.3, 0.4) is 0 Å². The van der Waals surface area contributed by atoms with Crippen LogP contribution in [0.15, 0.2) is 0 Å². The van der Waals surface area contributed by atoms with Gasteiger partial charge in [-0.05, 0) is 13.3 Å². The number of rotatable bonds is 5. The van der Waals surface area contributed by atoms with Gasteiger partial charge in [-0.2, -0.15) is 0 Å². The number of methoxy groups -OCH3 is 2. The number of likely N-dealkylation sites (N-methyl/N-ethyl adjacent to an activating group) is 1. The molecule has 15 heavy (non-hydrogen) atoms. The molecule has 1 unspecified atom stereocenters. The number of hydrogen-bond donors (Lipinski definition) is 0. The standard InChI is InChI=1S/C10H19NO4/c1-6-10(2,15-5)9(13)11(3)7-8(12)14-4/h6-7H2,1-5H3. The van der Waals surface area contributed by atoms with Crippen LogP contribution in [-0.2, 0) is 19.1 Å². The maximum Gasteiger partial charge on any atom is 0.325 e. The molecule has 0 heterocycles. The van der Waals surface area contributed by atoms with Gasteiger partial charge in [0.25, 0.3) is 5.91 Å². The number of carbonyl (C=O) groups excluding carboxylic acids is 2. The van der Waals surface area contributed by atoms with Crippen molar-refractivity contribution in [2.45, 2.75) is 25.9 Å². The smallest absolute Gasteiger partial charge is 0.325 e. The van der Waals surface area contributed by atoms with Crippen molar-refractivity contribution in [2.24, 2.45) is 0 Å². The summed E-state index contributed by atoms with van der Waals surface area (Å²) in [5.41, 5.74) is -0.872. The van der Waals surface area contributed by atoms with Crippen LogP contribution in [0.5, 0.6) is 0 Å². The Balaban J connectivity index is 4.49. The van der Waals surface area contributed by atoms with Crippen molar-refractivity contribution >= 4 is 11.9 Å². The molecule has 0 spiro atoms. The summed E-state index contributed by atoms with van der Waals surface area (Å²) < 4.78 is 9.62. The van der Waals surface area contributed by atoms with Crippen molar-refractivity contribution in [3.05, 3.63) is 0 Å². The van der Waals surface area contributed by atoms with Crippen LogP contribution in [0.2, 0.25) is 0 Å². The fraction of sp³-hybridized carbons (Fsp3) is 0.800. The molecule has 0 N–H and O–H groups in total. The van der Waals surface area contributed by atoms with E-state index in [9.17, 15) is 9.59 Å². The Labute approximate surface area is 90.3 Å². The molecule has 0 aliphatic rings. The summed E-state index contributed by atoms with van der Waals surface area (Å²) in [6.45, 7) is 3.49. The van der Waals surface area contributed by atoms with Crippen molar-refractivity contribution in [3.63, 3.8) is 0 Å². The van der Waals surface area contributed by atoms with Crippen LogP contribution in [0, 0.1) is 0 Å². The third-order valence-electron chi connectivity index (χ3n) is 2.52. The molecule has 0 radical (unpaired) electrons. The second-order valence-electron chi connectivity index (χ2n) is 3.53. The van der Waals surface area contributed by atoms with E-state index >= 15 is 0 Å². The molecule has 0 fully saturated rings. The Morgan fingerprint density at radius 1 is 1.33 bits per heavy atom. The molecule has 0 bridgehead atoms. The molecule has 0 aromatic carbocycles. The molecule has 0 aliphatic heterocycles. The van der Waals surface area contributed by atoms with Crippen molar-refractivity contribution < 1.29 is 19.1 Å². The van der Waals surface area contributed by atoms with Gasteiger partial charge in [0.15, 0.2) is 0 Å². The van der Waals surface area contributed by atoms with Crippen molar-refractivity contribution in [1.29, 1.82) is 0 Å². The van der Waals surface area contributed by atoms with E-state index in [-0.39, 0.29) is 12.5 Å². The van der Waals surface area contributed by atoms with E-state index < -0.39 is 11.6 Å². The first kappa shape index (κ1) is 13.9. The Bertz CT molecular complexity index is 236. The largest absolute Gasteiger partial charge is 0.468 e. The highest BCUT2D eigenvalue weighted by molar-refractivity contribution is 5.87. The maximum atomic E-state index is 11.9. The Hall–Kier alpha value is -1.10. The monoisotopic (exact) mass is 217 g/mol. The SMILES string of the molecule is CCC(C)(OC)C(=O)N(C)CC(=O)OC. The molecule has 5 heteroatoms. The number of esters is 1. The molecule has 0 aliphatic carbocycles. The van der Waals surface area contributed by atoms with E-state index in [1.807, 2.05) is 6.92 Å². The average Bonchev–Trinajstić information content (AvgIpc) is 2.26. The van der Waals surface area contributed by atoms with Gasteiger partial charge in [0, 0.05) is 14.2 Å². The van der Waals surface area contributed by atoms with Gasteiger partial charge in [-0.25, -0.2) is 0 Å². The molecule has 0 rings (SSSR count). The fourth-order valence-electron chi connectivity index (χ4n) is 1.12. The van der Waals surface area contributed by atoms with Gasteiger partial charge in [0.1, 0.15) is 12.1 Å². The number of ether oxygens (including phenoxy) is 2. The van der Waals surface area contributed by atoms with Gasteiger partial charge in [0.05, 0.1) is 7.11 Å². The predicted octanol–water partition coefficient (Wildman–Crippen LogP) is 0.433. The number of hydrogen-bond acceptors (Lipinski definition) is 4. The van der Waals surface area contributed by atoms with E-state index in [0.717, 1.165) is 0 Å². The predicted molar refractivity (Wildman–Crippen MR) is 55.4 cm³/mol. The third kappa shape index (κ3) is 3.51. The second-order valence-corrected chi connectivity index (χ2v) is 3.53. The molecule has 1 amide bonds. The molecule has 0 saturated heterocycles. The van der Waals surface area contributed by atoms with Gasteiger partial charge >= 0.3 is 5.97 Å². The quantitative estimate of drug-likeness (QED) is 0.627.